The van der Waals surface area contributed by atoms with Crippen molar-refractivity contribution in [3.8, 4) is 11.3 Å². The van der Waals surface area contributed by atoms with Crippen LogP contribution in [0.15, 0.2) is 72.8 Å². The average molecular weight is 487 g/mol. The van der Waals surface area contributed by atoms with Crippen LogP contribution in [-0.2, 0) is 10.2 Å². The summed E-state index contributed by atoms with van der Waals surface area (Å²) in [5, 5.41) is 4.05. The van der Waals surface area contributed by atoms with Gasteiger partial charge >= 0.3 is 10.2 Å². The molecule has 0 atom stereocenters. The summed E-state index contributed by atoms with van der Waals surface area (Å²) in [6, 6.07) is 22.9. The monoisotopic (exact) mass is 486 g/mol. The Morgan fingerprint density at radius 2 is 1.71 bits per heavy atom. The number of hydrogen-bond donors (Lipinski definition) is 1. The SMILES string of the molecule is Cc1cc(N2CCN(C)S2(=O)=O)ccc1C(=O)Nc1ccc(C)c(-c2ccc3ccccc3n2)c1. The minimum absolute atomic E-state index is 0.253. The molecule has 2 heterocycles. The number of pyridine rings is 1. The van der Waals surface area contributed by atoms with E-state index in [1.807, 2.05) is 68.4 Å². The molecule has 3 aromatic carbocycles. The van der Waals surface area contributed by atoms with E-state index in [0.717, 1.165) is 27.7 Å². The molecule has 0 aliphatic carbocycles. The second-order valence-corrected chi connectivity index (χ2v) is 10.7. The number of anilines is 2. The highest BCUT2D eigenvalue weighted by molar-refractivity contribution is 7.90. The van der Waals surface area contributed by atoms with Crippen LogP contribution >= 0.6 is 0 Å². The summed E-state index contributed by atoms with van der Waals surface area (Å²) in [6.45, 7) is 4.65. The molecule has 4 aromatic rings. The first kappa shape index (κ1) is 23.0. The number of nitrogens with zero attached hydrogens (tertiary/aromatic N) is 3. The summed E-state index contributed by atoms with van der Waals surface area (Å²) >= 11 is 0. The van der Waals surface area contributed by atoms with Crippen molar-refractivity contribution >= 4 is 38.4 Å². The molecule has 5 rings (SSSR count). The summed E-state index contributed by atoms with van der Waals surface area (Å²) in [6.07, 6.45) is 0. The molecule has 1 aromatic heterocycles. The van der Waals surface area contributed by atoms with Crippen LogP contribution in [-0.4, -0.2) is 43.8 Å². The summed E-state index contributed by atoms with van der Waals surface area (Å²) < 4.78 is 27.6. The van der Waals surface area contributed by atoms with Gasteiger partial charge in [-0.1, -0.05) is 30.3 Å². The van der Waals surface area contributed by atoms with Crippen molar-refractivity contribution in [3.05, 3.63) is 89.5 Å². The number of hydrogen-bond acceptors (Lipinski definition) is 4. The van der Waals surface area contributed by atoms with Crippen LogP contribution in [0.3, 0.4) is 0 Å². The third kappa shape index (κ3) is 4.26. The van der Waals surface area contributed by atoms with Gasteiger partial charge in [0.05, 0.1) is 16.9 Å². The molecular weight excluding hydrogens is 460 g/mol. The molecule has 1 aliphatic heterocycles. The highest BCUT2D eigenvalue weighted by Crippen LogP contribution is 2.29. The van der Waals surface area contributed by atoms with E-state index in [9.17, 15) is 13.2 Å². The number of amides is 1. The van der Waals surface area contributed by atoms with E-state index in [-0.39, 0.29) is 5.91 Å². The number of carbonyl (C=O) groups is 1. The van der Waals surface area contributed by atoms with Gasteiger partial charge in [-0.25, -0.2) is 4.98 Å². The zero-order chi connectivity index (χ0) is 24.7. The fourth-order valence-electron chi connectivity index (χ4n) is 4.34. The number of likely N-dealkylation sites (N-methyl/N-ethyl adjacent to an activating group) is 1. The van der Waals surface area contributed by atoms with Crippen molar-refractivity contribution in [2.45, 2.75) is 13.8 Å². The number of carbonyl (C=O) groups excluding carboxylic acids is 1. The minimum atomic E-state index is -3.51. The Morgan fingerprint density at radius 3 is 2.46 bits per heavy atom. The molecule has 7 nitrogen and oxygen atoms in total. The van der Waals surface area contributed by atoms with Crippen LogP contribution in [0.5, 0.6) is 0 Å². The van der Waals surface area contributed by atoms with Crippen LogP contribution in [0.25, 0.3) is 22.2 Å². The standard InChI is InChI=1S/C27H26N4O3S/c1-18-8-10-21(17-24(18)26-13-9-20-6-4-5-7-25(20)29-26)28-27(32)23-12-11-22(16-19(23)2)31-15-14-30(3)35(31,33)34/h4-13,16-17H,14-15H2,1-3H3,(H,28,32). The van der Waals surface area contributed by atoms with E-state index >= 15 is 0 Å². The van der Waals surface area contributed by atoms with E-state index in [1.165, 1.54) is 8.61 Å². The molecule has 8 heteroatoms. The fraction of sp³-hybridized carbons (Fsp3) is 0.185. The molecule has 1 N–H and O–H groups in total. The zero-order valence-electron chi connectivity index (χ0n) is 19.8. The van der Waals surface area contributed by atoms with Crippen molar-refractivity contribution in [2.24, 2.45) is 0 Å². The maximum absolute atomic E-state index is 13.1. The van der Waals surface area contributed by atoms with E-state index in [2.05, 4.69) is 5.32 Å². The molecule has 1 aliphatic rings. The van der Waals surface area contributed by atoms with Gasteiger partial charge in [-0.05, 0) is 67.4 Å². The first-order chi connectivity index (χ1) is 16.7. The molecule has 1 fully saturated rings. The van der Waals surface area contributed by atoms with E-state index in [4.69, 9.17) is 4.98 Å². The molecule has 1 amide bonds. The molecule has 0 unspecified atom stereocenters. The Kier molecular flexibility index (Phi) is 5.78. The van der Waals surface area contributed by atoms with Crippen LogP contribution in [0.1, 0.15) is 21.5 Å². The van der Waals surface area contributed by atoms with Crippen LogP contribution in [0, 0.1) is 13.8 Å². The lowest BCUT2D eigenvalue weighted by atomic mass is 10.0. The largest absolute Gasteiger partial charge is 0.322 e. The number of aromatic nitrogens is 1. The second-order valence-electron chi connectivity index (χ2n) is 8.77. The number of fused-ring (bicyclic) bond motifs is 1. The van der Waals surface area contributed by atoms with Crippen molar-refractivity contribution in [3.63, 3.8) is 0 Å². The fourth-order valence-corrected chi connectivity index (χ4v) is 5.68. The average Bonchev–Trinajstić information content (AvgIpc) is 3.11. The minimum Gasteiger partial charge on any atom is -0.322 e. The summed E-state index contributed by atoms with van der Waals surface area (Å²) in [5.74, 6) is -0.253. The lowest BCUT2D eigenvalue weighted by Crippen LogP contribution is -2.30. The number of nitrogens with one attached hydrogen (secondary N) is 1. The first-order valence-corrected chi connectivity index (χ1v) is 12.8. The van der Waals surface area contributed by atoms with Gasteiger partial charge < -0.3 is 5.32 Å². The number of aryl methyl sites for hydroxylation is 2. The van der Waals surface area contributed by atoms with Gasteiger partial charge in [0.2, 0.25) is 0 Å². The van der Waals surface area contributed by atoms with Crippen molar-refractivity contribution in [1.29, 1.82) is 0 Å². The number of rotatable bonds is 4. The normalized spacial score (nSPS) is 15.5. The van der Waals surface area contributed by atoms with Gasteiger partial charge in [-0.2, -0.15) is 12.7 Å². The highest BCUT2D eigenvalue weighted by Gasteiger charge is 2.34. The Labute approximate surface area is 205 Å². The molecule has 0 saturated carbocycles. The topological polar surface area (TPSA) is 82.6 Å². The lowest BCUT2D eigenvalue weighted by molar-refractivity contribution is 0.102. The van der Waals surface area contributed by atoms with Gasteiger partial charge in [0.1, 0.15) is 0 Å². The summed E-state index contributed by atoms with van der Waals surface area (Å²) in [5.41, 5.74) is 6.18. The van der Waals surface area contributed by atoms with Crippen molar-refractivity contribution in [1.82, 2.24) is 9.29 Å². The zero-order valence-corrected chi connectivity index (χ0v) is 20.6. The van der Waals surface area contributed by atoms with E-state index in [0.29, 0.717) is 35.6 Å². The quantitative estimate of drug-likeness (QED) is 0.451. The molecule has 0 spiro atoms. The lowest BCUT2D eigenvalue weighted by Gasteiger charge is -2.19. The maximum atomic E-state index is 13.1. The molecule has 178 valence electrons. The smallest absolute Gasteiger partial charge is 0.303 e. The highest BCUT2D eigenvalue weighted by atomic mass is 32.2. The molecule has 0 bridgehead atoms. The molecule has 35 heavy (non-hydrogen) atoms. The van der Waals surface area contributed by atoms with E-state index < -0.39 is 10.2 Å². The van der Waals surface area contributed by atoms with Crippen molar-refractivity contribution < 1.29 is 13.2 Å². The Hall–Kier alpha value is -3.75. The van der Waals surface area contributed by atoms with Gasteiger partial charge in [0.25, 0.3) is 5.91 Å². The summed E-state index contributed by atoms with van der Waals surface area (Å²) in [7, 11) is -1.94. The Balaban J connectivity index is 1.40. The predicted octanol–water partition coefficient (Wildman–Crippen LogP) is 4.77. The Morgan fingerprint density at radius 1 is 0.914 bits per heavy atom. The van der Waals surface area contributed by atoms with Crippen LogP contribution < -0.4 is 9.62 Å². The third-order valence-corrected chi connectivity index (χ3v) is 8.32. The van der Waals surface area contributed by atoms with Gasteiger partial charge in [-0.3, -0.25) is 9.10 Å². The molecular formula is C27H26N4O3S. The van der Waals surface area contributed by atoms with Gasteiger partial charge in [0, 0.05) is 42.3 Å². The first-order valence-electron chi connectivity index (χ1n) is 11.4. The second kappa shape index (κ2) is 8.79. The van der Waals surface area contributed by atoms with Crippen LogP contribution in [0.4, 0.5) is 11.4 Å². The van der Waals surface area contributed by atoms with E-state index in [1.54, 1.807) is 25.2 Å². The summed E-state index contributed by atoms with van der Waals surface area (Å²) in [4.78, 5) is 17.9. The van der Waals surface area contributed by atoms with Crippen molar-refractivity contribution in [2.75, 3.05) is 29.8 Å². The maximum Gasteiger partial charge on any atom is 0.303 e. The van der Waals surface area contributed by atoms with Gasteiger partial charge in [0.15, 0.2) is 0 Å². The Bertz CT molecular complexity index is 1570. The number of benzene rings is 3. The predicted molar refractivity (Wildman–Crippen MR) is 140 cm³/mol. The molecule has 1 saturated heterocycles. The molecule has 0 radical (unpaired) electrons. The third-order valence-electron chi connectivity index (χ3n) is 6.40. The van der Waals surface area contributed by atoms with Crippen LogP contribution in [0.2, 0.25) is 0 Å². The number of para-hydroxylation sites is 1. The van der Waals surface area contributed by atoms with Gasteiger partial charge in [-0.15, -0.1) is 0 Å².